The van der Waals surface area contributed by atoms with Gasteiger partial charge in [-0.3, -0.25) is 5.32 Å². The van der Waals surface area contributed by atoms with Crippen molar-refractivity contribution in [3.63, 3.8) is 0 Å². The second-order valence-corrected chi connectivity index (χ2v) is 6.77. The molecule has 2 heterocycles. The van der Waals surface area contributed by atoms with Gasteiger partial charge in [-0.1, -0.05) is 38.1 Å². The summed E-state index contributed by atoms with van der Waals surface area (Å²) in [6.45, 7) is 6.17. The molecular formula is C17H20N2O2S. The number of ether oxygens (including phenoxy) is 1. The fourth-order valence-corrected chi connectivity index (χ4v) is 3.34. The summed E-state index contributed by atoms with van der Waals surface area (Å²) in [5.74, 6) is 0.254. The maximum absolute atomic E-state index is 12.2. The van der Waals surface area contributed by atoms with Crippen molar-refractivity contribution in [2.75, 3.05) is 12.0 Å². The van der Waals surface area contributed by atoms with E-state index in [1.165, 1.54) is 16.9 Å². The van der Waals surface area contributed by atoms with Crippen LogP contribution in [0.3, 0.4) is 0 Å². The lowest BCUT2D eigenvalue weighted by molar-refractivity contribution is 0.0478. The SMILES string of the molecule is CC(C)c1ccc(COC(=O)c2cc3c(s2)NCNC3)cc1. The van der Waals surface area contributed by atoms with E-state index >= 15 is 0 Å². The Bertz CT molecular complexity index is 638. The first kappa shape index (κ1) is 15.1. The van der Waals surface area contributed by atoms with Crippen LogP contribution >= 0.6 is 11.3 Å². The predicted molar refractivity (Wildman–Crippen MR) is 89.3 cm³/mol. The zero-order chi connectivity index (χ0) is 15.5. The Morgan fingerprint density at radius 2 is 2.09 bits per heavy atom. The molecule has 0 fully saturated rings. The van der Waals surface area contributed by atoms with Gasteiger partial charge >= 0.3 is 5.97 Å². The van der Waals surface area contributed by atoms with Crippen LogP contribution in [0.2, 0.25) is 0 Å². The van der Waals surface area contributed by atoms with E-state index in [9.17, 15) is 4.79 Å². The molecule has 0 saturated carbocycles. The molecule has 1 aromatic heterocycles. The van der Waals surface area contributed by atoms with Crippen LogP contribution in [-0.4, -0.2) is 12.6 Å². The maximum Gasteiger partial charge on any atom is 0.348 e. The minimum Gasteiger partial charge on any atom is -0.457 e. The van der Waals surface area contributed by atoms with Crippen LogP contribution < -0.4 is 10.6 Å². The average molecular weight is 316 g/mol. The van der Waals surface area contributed by atoms with Gasteiger partial charge in [0.05, 0.1) is 11.7 Å². The van der Waals surface area contributed by atoms with Crippen LogP contribution in [-0.2, 0) is 17.9 Å². The van der Waals surface area contributed by atoms with Crippen LogP contribution in [0.25, 0.3) is 0 Å². The molecule has 2 aromatic rings. The number of hydrogen-bond donors (Lipinski definition) is 2. The third-order valence-electron chi connectivity index (χ3n) is 3.72. The quantitative estimate of drug-likeness (QED) is 0.845. The fraction of sp³-hybridized carbons (Fsp3) is 0.353. The first-order chi connectivity index (χ1) is 10.6. The Morgan fingerprint density at radius 3 is 2.77 bits per heavy atom. The second-order valence-electron chi connectivity index (χ2n) is 5.72. The van der Waals surface area contributed by atoms with E-state index in [-0.39, 0.29) is 5.97 Å². The van der Waals surface area contributed by atoms with Gasteiger partial charge in [0.15, 0.2) is 0 Å². The standard InChI is InChI=1S/C17H20N2O2S/c1-11(2)13-5-3-12(4-6-13)9-21-17(20)15-7-14-8-18-10-19-16(14)22-15/h3-7,11,18-19H,8-10H2,1-2H3. The number of nitrogens with one attached hydrogen (secondary N) is 2. The summed E-state index contributed by atoms with van der Waals surface area (Å²) in [4.78, 5) is 12.8. The predicted octanol–water partition coefficient (Wildman–Crippen LogP) is 3.70. The molecule has 0 bridgehead atoms. The van der Waals surface area contributed by atoms with Gasteiger partial charge in [0.2, 0.25) is 0 Å². The summed E-state index contributed by atoms with van der Waals surface area (Å²) < 4.78 is 5.42. The number of carbonyl (C=O) groups excluding carboxylic acids is 1. The summed E-state index contributed by atoms with van der Waals surface area (Å²) in [6, 6.07) is 10.1. The van der Waals surface area contributed by atoms with Crippen molar-refractivity contribution in [1.29, 1.82) is 0 Å². The van der Waals surface area contributed by atoms with Crippen molar-refractivity contribution in [3.8, 4) is 0 Å². The number of anilines is 1. The normalized spacial score (nSPS) is 13.6. The number of benzene rings is 1. The van der Waals surface area contributed by atoms with E-state index in [4.69, 9.17) is 4.74 Å². The Morgan fingerprint density at radius 1 is 1.32 bits per heavy atom. The zero-order valence-electron chi connectivity index (χ0n) is 12.8. The Kier molecular flexibility index (Phi) is 4.45. The van der Waals surface area contributed by atoms with Crippen molar-refractivity contribution in [3.05, 3.63) is 51.9 Å². The second kappa shape index (κ2) is 6.50. The highest BCUT2D eigenvalue weighted by molar-refractivity contribution is 7.18. The highest BCUT2D eigenvalue weighted by Crippen LogP contribution is 2.30. The molecule has 3 rings (SSSR count). The number of hydrogen-bond acceptors (Lipinski definition) is 5. The Hall–Kier alpha value is -1.85. The lowest BCUT2D eigenvalue weighted by atomic mass is 10.0. The largest absolute Gasteiger partial charge is 0.457 e. The van der Waals surface area contributed by atoms with E-state index in [2.05, 4.69) is 36.6 Å². The minimum atomic E-state index is -0.255. The number of esters is 1. The molecule has 0 saturated heterocycles. The Balaban J connectivity index is 1.61. The van der Waals surface area contributed by atoms with Crippen LogP contribution in [0, 0.1) is 0 Å². The van der Waals surface area contributed by atoms with Crippen molar-refractivity contribution in [1.82, 2.24) is 5.32 Å². The van der Waals surface area contributed by atoms with Crippen molar-refractivity contribution >= 4 is 22.3 Å². The molecule has 4 nitrogen and oxygen atoms in total. The van der Waals surface area contributed by atoms with Gasteiger partial charge in [-0.2, -0.15) is 0 Å². The van der Waals surface area contributed by atoms with Gasteiger partial charge in [-0.25, -0.2) is 4.79 Å². The Labute approximate surface area is 134 Å². The third-order valence-corrected chi connectivity index (χ3v) is 4.83. The van der Waals surface area contributed by atoms with Gasteiger partial charge < -0.3 is 10.1 Å². The molecule has 1 aliphatic heterocycles. The van der Waals surface area contributed by atoms with E-state index in [0.29, 0.717) is 17.4 Å². The van der Waals surface area contributed by atoms with E-state index in [0.717, 1.165) is 29.3 Å². The molecule has 2 N–H and O–H groups in total. The minimum absolute atomic E-state index is 0.255. The lowest BCUT2D eigenvalue weighted by Gasteiger charge is -2.13. The van der Waals surface area contributed by atoms with E-state index in [1.807, 2.05) is 18.2 Å². The number of carbonyl (C=O) groups is 1. The average Bonchev–Trinajstić information content (AvgIpc) is 2.97. The summed E-state index contributed by atoms with van der Waals surface area (Å²) in [5.41, 5.74) is 3.43. The molecule has 0 unspecified atom stereocenters. The summed E-state index contributed by atoms with van der Waals surface area (Å²) in [7, 11) is 0. The van der Waals surface area contributed by atoms with Crippen molar-refractivity contribution in [2.24, 2.45) is 0 Å². The molecule has 0 spiro atoms. The molecule has 1 aliphatic rings. The first-order valence-corrected chi connectivity index (χ1v) is 8.28. The smallest absolute Gasteiger partial charge is 0.348 e. The van der Waals surface area contributed by atoms with Crippen LogP contribution in [0.5, 0.6) is 0 Å². The first-order valence-electron chi connectivity index (χ1n) is 7.47. The molecule has 0 radical (unpaired) electrons. The topological polar surface area (TPSA) is 50.4 Å². The molecule has 116 valence electrons. The van der Waals surface area contributed by atoms with Gasteiger partial charge in [0.25, 0.3) is 0 Å². The molecule has 0 aliphatic carbocycles. The summed E-state index contributed by atoms with van der Waals surface area (Å²) >= 11 is 1.46. The van der Waals surface area contributed by atoms with E-state index < -0.39 is 0 Å². The van der Waals surface area contributed by atoms with Gasteiger partial charge in [-0.15, -0.1) is 11.3 Å². The highest BCUT2D eigenvalue weighted by Gasteiger charge is 2.17. The van der Waals surface area contributed by atoms with Crippen molar-refractivity contribution < 1.29 is 9.53 Å². The van der Waals surface area contributed by atoms with E-state index in [1.54, 1.807) is 0 Å². The number of rotatable bonds is 4. The number of thiophene rings is 1. The molecule has 1 aromatic carbocycles. The molecule has 0 amide bonds. The van der Waals surface area contributed by atoms with Crippen molar-refractivity contribution in [2.45, 2.75) is 32.9 Å². The highest BCUT2D eigenvalue weighted by atomic mass is 32.1. The monoisotopic (exact) mass is 316 g/mol. The molecule has 0 atom stereocenters. The lowest BCUT2D eigenvalue weighted by Crippen LogP contribution is -2.26. The van der Waals surface area contributed by atoms with Gasteiger partial charge in [0.1, 0.15) is 11.5 Å². The summed E-state index contributed by atoms with van der Waals surface area (Å²) in [6.07, 6.45) is 0. The van der Waals surface area contributed by atoms with Gasteiger partial charge in [-0.05, 0) is 23.1 Å². The van der Waals surface area contributed by atoms with Gasteiger partial charge in [0, 0.05) is 12.1 Å². The molecular weight excluding hydrogens is 296 g/mol. The van der Waals surface area contributed by atoms with Crippen LogP contribution in [0.4, 0.5) is 5.00 Å². The molecule has 22 heavy (non-hydrogen) atoms. The third kappa shape index (κ3) is 3.31. The maximum atomic E-state index is 12.2. The summed E-state index contributed by atoms with van der Waals surface area (Å²) in [5, 5.41) is 7.50. The zero-order valence-corrected chi connectivity index (χ0v) is 13.6. The fourth-order valence-electron chi connectivity index (χ4n) is 2.37. The number of fused-ring (bicyclic) bond motifs is 1. The molecule has 5 heteroatoms. The van der Waals surface area contributed by atoms with Crippen LogP contribution in [0.15, 0.2) is 30.3 Å². The van der Waals surface area contributed by atoms with Crippen LogP contribution in [0.1, 0.15) is 46.1 Å².